The Labute approximate surface area is 167 Å². The summed E-state index contributed by atoms with van der Waals surface area (Å²) >= 11 is 0. The van der Waals surface area contributed by atoms with Crippen LogP contribution in [-0.4, -0.2) is 53.8 Å². The summed E-state index contributed by atoms with van der Waals surface area (Å²) in [5.74, 6) is -1.19. The smallest absolute Gasteiger partial charge is 0.243 e. The summed E-state index contributed by atoms with van der Waals surface area (Å²) in [6.45, 7) is 12.7. The van der Waals surface area contributed by atoms with E-state index in [2.05, 4.69) is 16.0 Å². The van der Waals surface area contributed by atoms with Crippen molar-refractivity contribution in [1.82, 2.24) is 16.0 Å². The van der Waals surface area contributed by atoms with Gasteiger partial charge in [0.25, 0.3) is 0 Å². The lowest BCUT2D eigenvalue weighted by Crippen LogP contribution is -2.57. The van der Waals surface area contributed by atoms with Crippen LogP contribution in [0.5, 0.6) is 0 Å². The summed E-state index contributed by atoms with van der Waals surface area (Å²) in [4.78, 5) is 49.2. The highest BCUT2D eigenvalue weighted by atomic mass is 16.6. The molecule has 3 N–H and O–H groups in total. The molecule has 1 aliphatic heterocycles. The molecule has 1 rings (SSSR count). The molecule has 0 spiro atoms. The van der Waals surface area contributed by atoms with Crippen molar-refractivity contribution in [2.75, 3.05) is 6.61 Å². The molecule has 1 heterocycles. The lowest BCUT2D eigenvalue weighted by molar-refractivity contribution is -0.134. The van der Waals surface area contributed by atoms with Crippen LogP contribution in [0.1, 0.15) is 61.3 Å². The standard InChI is InChI=1S/C20H35N3O5/c1-8-12(4)16(17(25)20(7)10-28-20)23-18(26)13(5)21-19(27)15(9-11(2)3)22-14(6)24/h11-13,15-16H,8-10H2,1-7H3,(H,21,27)(H,22,24)(H,23,26). The minimum atomic E-state index is -0.844. The first kappa shape index (κ1) is 24.1. The second kappa shape index (κ2) is 10.0. The predicted molar refractivity (Wildman–Crippen MR) is 105 cm³/mol. The zero-order chi connectivity index (χ0) is 21.6. The zero-order valence-corrected chi connectivity index (χ0v) is 18.0. The third kappa shape index (κ3) is 6.89. The van der Waals surface area contributed by atoms with Crippen molar-refractivity contribution in [3.63, 3.8) is 0 Å². The molecule has 0 aliphatic carbocycles. The molecular formula is C20H35N3O5. The van der Waals surface area contributed by atoms with E-state index in [0.29, 0.717) is 19.4 Å². The molecule has 1 fully saturated rings. The van der Waals surface area contributed by atoms with E-state index < -0.39 is 35.5 Å². The molecule has 0 saturated carbocycles. The quantitative estimate of drug-likeness (QED) is 0.449. The summed E-state index contributed by atoms with van der Waals surface area (Å²) in [6.07, 6.45) is 1.18. The van der Waals surface area contributed by atoms with Gasteiger partial charge < -0.3 is 20.7 Å². The Balaban J connectivity index is 2.76. The zero-order valence-electron chi connectivity index (χ0n) is 18.0. The molecule has 8 heteroatoms. The molecule has 0 bridgehead atoms. The first-order valence-electron chi connectivity index (χ1n) is 9.97. The van der Waals surface area contributed by atoms with Gasteiger partial charge in [-0.25, -0.2) is 0 Å². The van der Waals surface area contributed by atoms with Crippen LogP contribution in [0.15, 0.2) is 0 Å². The van der Waals surface area contributed by atoms with E-state index in [4.69, 9.17) is 4.74 Å². The number of amides is 3. The van der Waals surface area contributed by atoms with Gasteiger partial charge in [0.15, 0.2) is 5.78 Å². The molecule has 3 amide bonds. The summed E-state index contributed by atoms with van der Waals surface area (Å²) in [5.41, 5.74) is -0.832. The first-order valence-corrected chi connectivity index (χ1v) is 9.97. The molecule has 5 atom stereocenters. The van der Waals surface area contributed by atoms with Crippen molar-refractivity contribution in [1.29, 1.82) is 0 Å². The minimum Gasteiger partial charge on any atom is -0.361 e. The van der Waals surface area contributed by atoms with Crippen LogP contribution in [0, 0.1) is 11.8 Å². The van der Waals surface area contributed by atoms with Crippen molar-refractivity contribution in [3.8, 4) is 0 Å². The number of nitrogens with one attached hydrogen (secondary N) is 3. The van der Waals surface area contributed by atoms with Gasteiger partial charge in [0.05, 0.1) is 12.6 Å². The molecule has 0 radical (unpaired) electrons. The predicted octanol–water partition coefficient (Wildman–Crippen LogP) is 0.931. The molecule has 0 aromatic carbocycles. The van der Waals surface area contributed by atoms with Crippen molar-refractivity contribution >= 4 is 23.5 Å². The van der Waals surface area contributed by atoms with Crippen molar-refractivity contribution in [3.05, 3.63) is 0 Å². The topological polar surface area (TPSA) is 117 Å². The van der Waals surface area contributed by atoms with Crippen LogP contribution >= 0.6 is 0 Å². The average molecular weight is 398 g/mol. The molecular weight excluding hydrogens is 362 g/mol. The van der Waals surface area contributed by atoms with Crippen LogP contribution in [0.4, 0.5) is 0 Å². The number of Topliss-reactive ketones (excluding diaryl/α,β-unsaturated/α-hetero) is 1. The summed E-state index contributed by atoms with van der Waals surface area (Å²) in [6, 6.07) is -2.23. The largest absolute Gasteiger partial charge is 0.361 e. The number of hydrogen-bond donors (Lipinski definition) is 3. The molecule has 160 valence electrons. The Morgan fingerprint density at radius 3 is 2.00 bits per heavy atom. The van der Waals surface area contributed by atoms with Gasteiger partial charge in [-0.1, -0.05) is 34.1 Å². The van der Waals surface area contributed by atoms with Gasteiger partial charge in [-0.05, 0) is 32.1 Å². The van der Waals surface area contributed by atoms with Crippen LogP contribution in [-0.2, 0) is 23.9 Å². The Morgan fingerprint density at radius 2 is 1.57 bits per heavy atom. The molecule has 1 aliphatic rings. The lowest BCUT2D eigenvalue weighted by Gasteiger charge is -2.27. The number of epoxide rings is 1. The van der Waals surface area contributed by atoms with Crippen molar-refractivity contribution in [2.45, 2.75) is 85.0 Å². The molecule has 28 heavy (non-hydrogen) atoms. The molecule has 5 unspecified atom stereocenters. The van der Waals surface area contributed by atoms with Gasteiger partial charge in [0.2, 0.25) is 17.7 Å². The van der Waals surface area contributed by atoms with Crippen LogP contribution in [0.25, 0.3) is 0 Å². The summed E-state index contributed by atoms with van der Waals surface area (Å²) in [7, 11) is 0. The number of hydrogen-bond acceptors (Lipinski definition) is 5. The fourth-order valence-corrected chi connectivity index (χ4v) is 2.89. The highest BCUT2D eigenvalue weighted by Crippen LogP contribution is 2.30. The van der Waals surface area contributed by atoms with E-state index in [0.717, 1.165) is 0 Å². The SMILES string of the molecule is CCC(C)C(NC(=O)C(C)NC(=O)C(CC(C)C)NC(C)=O)C(=O)C1(C)CO1. The molecule has 0 aromatic rings. The molecule has 0 aromatic heterocycles. The maximum atomic E-state index is 12.7. The normalized spacial score (nSPS) is 22.6. The monoisotopic (exact) mass is 397 g/mol. The fraction of sp³-hybridized carbons (Fsp3) is 0.800. The molecule has 8 nitrogen and oxygen atoms in total. The van der Waals surface area contributed by atoms with Gasteiger partial charge >= 0.3 is 0 Å². The Morgan fingerprint density at radius 1 is 1.00 bits per heavy atom. The second-order valence-corrected chi connectivity index (χ2v) is 8.37. The van der Waals surface area contributed by atoms with E-state index in [1.54, 1.807) is 13.8 Å². The third-order valence-electron chi connectivity index (χ3n) is 5.04. The van der Waals surface area contributed by atoms with E-state index >= 15 is 0 Å². The fourth-order valence-electron chi connectivity index (χ4n) is 2.89. The number of carbonyl (C=O) groups excluding carboxylic acids is 4. The van der Waals surface area contributed by atoms with E-state index in [9.17, 15) is 19.2 Å². The van der Waals surface area contributed by atoms with Gasteiger partial charge in [-0.3, -0.25) is 19.2 Å². The Bertz CT molecular complexity index is 601. The number of ketones is 1. The van der Waals surface area contributed by atoms with E-state index in [1.807, 2.05) is 27.7 Å². The number of ether oxygens (including phenoxy) is 1. The first-order chi connectivity index (χ1) is 12.9. The van der Waals surface area contributed by atoms with Gasteiger partial charge in [-0.2, -0.15) is 0 Å². The van der Waals surface area contributed by atoms with E-state index in [1.165, 1.54) is 6.92 Å². The second-order valence-electron chi connectivity index (χ2n) is 8.37. The van der Waals surface area contributed by atoms with Crippen LogP contribution < -0.4 is 16.0 Å². The van der Waals surface area contributed by atoms with Crippen molar-refractivity contribution < 1.29 is 23.9 Å². The lowest BCUT2D eigenvalue weighted by atomic mass is 9.89. The average Bonchev–Trinajstić information content (AvgIpc) is 3.35. The summed E-state index contributed by atoms with van der Waals surface area (Å²) < 4.78 is 5.23. The molecule has 1 saturated heterocycles. The summed E-state index contributed by atoms with van der Waals surface area (Å²) in [5, 5.41) is 8.02. The maximum absolute atomic E-state index is 12.7. The van der Waals surface area contributed by atoms with Gasteiger partial charge in [-0.15, -0.1) is 0 Å². The van der Waals surface area contributed by atoms with Crippen LogP contribution in [0.2, 0.25) is 0 Å². The maximum Gasteiger partial charge on any atom is 0.243 e. The van der Waals surface area contributed by atoms with Gasteiger partial charge in [0, 0.05) is 6.92 Å². The third-order valence-corrected chi connectivity index (χ3v) is 5.04. The van der Waals surface area contributed by atoms with Crippen molar-refractivity contribution in [2.24, 2.45) is 11.8 Å². The van der Waals surface area contributed by atoms with Gasteiger partial charge in [0.1, 0.15) is 17.7 Å². The Hall–Kier alpha value is -1.96. The minimum absolute atomic E-state index is 0.0616. The number of carbonyl (C=O) groups is 4. The van der Waals surface area contributed by atoms with Crippen LogP contribution in [0.3, 0.4) is 0 Å². The van der Waals surface area contributed by atoms with E-state index in [-0.39, 0.29) is 23.5 Å². The highest BCUT2D eigenvalue weighted by molar-refractivity contribution is 5.98. The number of rotatable bonds is 11. The Kier molecular flexibility index (Phi) is 8.60. The highest BCUT2D eigenvalue weighted by Gasteiger charge is 2.51.